The van der Waals surface area contributed by atoms with Crippen LogP contribution in [0.3, 0.4) is 0 Å². The van der Waals surface area contributed by atoms with E-state index in [2.05, 4.69) is 5.32 Å². The highest BCUT2D eigenvalue weighted by Crippen LogP contribution is 2.32. The van der Waals surface area contributed by atoms with E-state index in [0.29, 0.717) is 36.1 Å². The van der Waals surface area contributed by atoms with Crippen molar-refractivity contribution in [1.29, 1.82) is 0 Å². The van der Waals surface area contributed by atoms with Crippen LogP contribution in [0.1, 0.15) is 18.1 Å². The van der Waals surface area contributed by atoms with E-state index in [-0.39, 0.29) is 18.4 Å². The highest BCUT2D eigenvalue weighted by molar-refractivity contribution is 6.02. The van der Waals surface area contributed by atoms with Gasteiger partial charge in [0.1, 0.15) is 19.8 Å². The molecule has 1 aliphatic heterocycles. The summed E-state index contributed by atoms with van der Waals surface area (Å²) < 4.78 is 11.0. The summed E-state index contributed by atoms with van der Waals surface area (Å²) in [4.78, 5) is 26.0. The number of carbonyl (C=O) groups is 2. The van der Waals surface area contributed by atoms with Crippen molar-refractivity contribution in [1.82, 2.24) is 0 Å². The van der Waals surface area contributed by atoms with Gasteiger partial charge in [-0.1, -0.05) is 6.07 Å². The number of hydrogen-bond acceptors (Lipinski definition) is 4. The fourth-order valence-corrected chi connectivity index (χ4v) is 2.96. The molecule has 136 valence electrons. The van der Waals surface area contributed by atoms with Crippen molar-refractivity contribution in [3.63, 3.8) is 0 Å². The predicted molar refractivity (Wildman–Crippen MR) is 100 cm³/mol. The second-order valence-electron chi connectivity index (χ2n) is 6.36. The average Bonchev–Trinajstić information content (AvgIpc) is 2.58. The largest absolute Gasteiger partial charge is 0.486 e. The third kappa shape index (κ3) is 4.14. The van der Waals surface area contributed by atoms with Gasteiger partial charge in [-0.2, -0.15) is 0 Å². The molecule has 2 aromatic carbocycles. The van der Waals surface area contributed by atoms with Crippen molar-refractivity contribution in [2.45, 2.75) is 20.8 Å². The van der Waals surface area contributed by atoms with Crippen LogP contribution < -0.4 is 19.7 Å². The third-order valence-corrected chi connectivity index (χ3v) is 4.03. The Bertz CT molecular complexity index is 827. The fourth-order valence-electron chi connectivity index (χ4n) is 2.96. The number of nitrogens with zero attached hydrogens (tertiary/aromatic N) is 1. The number of anilines is 2. The van der Waals surface area contributed by atoms with Gasteiger partial charge in [-0.05, 0) is 49.2 Å². The van der Waals surface area contributed by atoms with Gasteiger partial charge in [-0.25, -0.2) is 0 Å². The molecule has 1 aliphatic rings. The van der Waals surface area contributed by atoms with E-state index in [1.807, 2.05) is 32.0 Å². The summed E-state index contributed by atoms with van der Waals surface area (Å²) in [7, 11) is 0. The molecule has 0 radical (unpaired) electrons. The molecule has 2 amide bonds. The van der Waals surface area contributed by atoms with Crippen LogP contribution in [0.2, 0.25) is 0 Å². The molecule has 0 spiro atoms. The lowest BCUT2D eigenvalue weighted by Gasteiger charge is -2.22. The van der Waals surface area contributed by atoms with E-state index >= 15 is 0 Å². The van der Waals surface area contributed by atoms with Gasteiger partial charge in [0, 0.05) is 24.4 Å². The molecule has 3 rings (SSSR count). The van der Waals surface area contributed by atoms with E-state index in [1.165, 1.54) is 11.8 Å². The zero-order valence-electron chi connectivity index (χ0n) is 15.2. The Kier molecular flexibility index (Phi) is 5.11. The van der Waals surface area contributed by atoms with Crippen molar-refractivity contribution in [3.8, 4) is 11.5 Å². The minimum Gasteiger partial charge on any atom is -0.486 e. The summed E-state index contributed by atoms with van der Waals surface area (Å²) in [5.74, 6) is 0.796. The Morgan fingerprint density at radius 3 is 2.31 bits per heavy atom. The van der Waals surface area contributed by atoms with Crippen LogP contribution in [-0.2, 0) is 9.59 Å². The van der Waals surface area contributed by atoms with Crippen molar-refractivity contribution >= 4 is 23.2 Å². The molecule has 0 fully saturated rings. The lowest BCUT2D eigenvalue weighted by Crippen LogP contribution is -2.36. The van der Waals surface area contributed by atoms with Crippen LogP contribution in [0.15, 0.2) is 36.4 Å². The summed E-state index contributed by atoms with van der Waals surface area (Å²) in [6.07, 6.45) is 0. The maximum atomic E-state index is 12.5. The molecule has 2 aromatic rings. The van der Waals surface area contributed by atoms with Gasteiger partial charge in [0.15, 0.2) is 11.5 Å². The Morgan fingerprint density at radius 2 is 1.65 bits per heavy atom. The molecule has 0 aliphatic carbocycles. The Balaban J connectivity index is 1.73. The lowest BCUT2D eigenvalue weighted by molar-refractivity contribution is -0.120. The predicted octanol–water partition coefficient (Wildman–Crippen LogP) is 3.07. The number of carbonyl (C=O) groups excluding carboxylic acids is 2. The maximum absolute atomic E-state index is 12.5. The second kappa shape index (κ2) is 7.47. The molecule has 0 saturated heterocycles. The molecule has 0 unspecified atom stereocenters. The summed E-state index contributed by atoms with van der Waals surface area (Å²) in [6.45, 7) is 6.31. The van der Waals surface area contributed by atoms with Gasteiger partial charge in [0.25, 0.3) is 0 Å². The van der Waals surface area contributed by atoms with Gasteiger partial charge >= 0.3 is 0 Å². The van der Waals surface area contributed by atoms with Gasteiger partial charge < -0.3 is 19.7 Å². The SMILES string of the molecule is CC(=O)N(CC(=O)Nc1ccc2c(c1)OCCO2)c1cc(C)cc(C)c1. The average molecular weight is 354 g/mol. The molecule has 1 N–H and O–H groups in total. The van der Waals surface area contributed by atoms with Gasteiger partial charge in [0.2, 0.25) is 11.8 Å². The molecular weight excluding hydrogens is 332 g/mol. The maximum Gasteiger partial charge on any atom is 0.244 e. The number of nitrogens with one attached hydrogen (secondary N) is 1. The number of benzene rings is 2. The van der Waals surface area contributed by atoms with Crippen LogP contribution >= 0.6 is 0 Å². The highest BCUT2D eigenvalue weighted by Gasteiger charge is 2.18. The minimum absolute atomic E-state index is 0.0628. The smallest absolute Gasteiger partial charge is 0.244 e. The van der Waals surface area contributed by atoms with Crippen LogP contribution in [-0.4, -0.2) is 31.6 Å². The van der Waals surface area contributed by atoms with Gasteiger partial charge in [0.05, 0.1) is 0 Å². The zero-order chi connectivity index (χ0) is 18.7. The zero-order valence-corrected chi connectivity index (χ0v) is 15.2. The number of fused-ring (bicyclic) bond motifs is 1. The summed E-state index contributed by atoms with van der Waals surface area (Å²) in [5.41, 5.74) is 3.40. The third-order valence-electron chi connectivity index (χ3n) is 4.03. The first kappa shape index (κ1) is 17.8. The Hall–Kier alpha value is -3.02. The Morgan fingerprint density at radius 1 is 1.00 bits per heavy atom. The first-order valence-corrected chi connectivity index (χ1v) is 8.48. The molecule has 6 nitrogen and oxygen atoms in total. The molecule has 26 heavy (non-hydrogen) atoms. The number of ether oxygens (including phenoxy) is 2. The molecule has 6 heteroatoms. The number of amides is 2. The van der Waals surface area contributed by atoms with Crippen LogP contribution in [0.4, 0.5) is 11.4 Å². The summed E-state index contributed by atoms with van der Waals surface area (Å²) in [6, 6.07) is 11.0. The lowest BCUT2D eigenvalue weighted by atomic mass is 10.1. The van der Waals surface area contributed by atoms with Crippen LogP contribution in [0, 0.1) is 13.8 Å². The van der Waals surface area contributed by atoms with Crippen LogP contribution in [0.25, 0.3) is 0 Å². The standard InChI is InChI=1S/C20H22N2O4/c1-13-8-14(2)10-17(9-13)22(15(3)23)12-20(24)21-16-4-5-18-19(11-16)26-7-6-25-18/h4-5,8-11H,6-7,12H2,1-3H3,(H,21,24). The first-order chi connectivity index (χ1) is 12.4. The summed E-state index contributed by atoms with van der Waals surface area (Å²) >= 11 is 0. The van der Waals surface area contributed by atoms with Gasteiger partial charge in [-0.3, -0.25) is 9.59 Å². The molecule has 0 atom stereocenters. The summed E-state index contributed by atoms with van der Waals surface area (Å²) in [5, 5.41) is 2.81. The van der Waals surface area contributed by atoms with Crippen molar-refractivity contribution in [3.05, 3.63) is 47.5 Å². The van der Waals surface area contributed by atoms with Crippen LogP contribution in [0.5, 0.6) is 11.5 Å². The molecule has 0 bridgehead atoms. The normalized spacial score (nSPS) is 12.4. The van der Waals surface area contributed by atoms with Crippen molar-refractivity contribution < 1.29 is 19.1 Å². The highest BCUT2D eigenvalue weighted by atomic mass is 16.6. The number of hydrogen-bond donors (Lipinski definition) is 1. The van der Waals surface area contributed by atoms with Crippen molar-refractivity contribution in [2.24, 2.45) is 0 Å². The fraction of sp³-hybridized carbons (Fsp3) is 0.300. The molecule has 0 saturated carbocycles. The van der Waals surface area contributed by atoms with Crippen molar-refractivity contribution in [2.75, 3.05) is 30.0 Å². The quantitative estimate of drug-likeness (QED) is 0.916. The molecular formula is C20H22N2O4. The molecule has 0 aromatic heterocycles. The van der Waals surface area contributed by atoms with E-state index in [4.69, 9.17) is 9.47 Å². The Labute approximate surface area is 152 Å². The van der Waals surface area contributed by atoms with E-state index < -0.39 is 0 Å². The monoisotopic (exact) mass is 354 g/mol. The number of rotatable bonds is 4. The topological polar surface area (TPSA) is 67.9 Å². The second-order valence-corrected chi connectivity index (χ2v) is 6.36. The van der Waals surface area contributed by atoms with Gasteiger partial charge in [-0.15, -0.1) is 0 Å². The first-order valence-electron chi connectivity index (χ1n) is 8.48. The minimum atomic E-state index is -0.281. The van der Waals surface area contributed by atoms with E-state index in [0.717, 1.165) is 11.1 Å². The van der Waals surface area contributed by atoms with E-state index in [1.54, 1.807) is 18.2 Å². The van der Waals surface area contributed by atoms with E-state index in [9.17, 15) is 9.59 Å². The number of aryl methyl sites for hydroxylation is 2. The molecule has 1 heterocycles.